The van der Waals surface area contributed by atoms with Crippen LogP contribution in [-0.2, 0) is 0 Å². The number of aliphatic hydroxyl groups is 5. The summed E-state index contributed by atoms with van der Waals surface area (Å²) < 4.78 is 0. The molecule has 6 nitrogen and oxygen atoms in total. The molecule has 0 radical (unpaired) electrons. The molecule has 1 rings (SSSR count). The molecule has 0 bridgehead atoms. The van der Waals surface area contributed by atoms with Gasteiger partial charge in [-0.2, -0.15) is 0 Å². The van der Waals surface area contributed by atoms with Gasteiger partial charge in [-0.05, 0) is 0 Å². The second-order valence-corrected chi connectivity index (χ2v) is 3.52. The Kier molecular flexibility index (Phi) is 4.24. The SMILES string of the molecule is OCCN1C[C@H](O)C(O)C(O)[C@H]1CO. The standard InChI is InChI=1S/C8H17NO5/c10-2-1-9-3-6(12)8(14)7(13)5(9)4-11/h5-8,10-14H,1-4H2/t5-,6+,7?,8?/m1/s1. The summed E-state index contributed by atoms with van der Waals surface area (Å²) in [4.78, 5) is 1.56. The first-order valence-corrected chi connectivity index (χ1v) is 4.61. The minimum absolute atomic E-state index is 0.119. The van der Waals surface area contributed by atoms with Crippen LogP contribution in [0.5, 0.6) is 0 Å². The lowest BCUT2D eigenvalue weighted by Gasteiger charge is -2.42. The van der Waals surface area contributed by atoms with Crippen LogP contribution in [0.3, 0.4) is 0 Å². The van der Waals surface area contributed by atoms with Crippen LogP contribution in [-0.4, -0.2) is 81.1 Å². The third kappa shape index (κ3) is 2.22. The van der Waals surface area contributed by atoms with Crippen molar-refractivity contribution in [3.8, 4) is 0 Å². The Bertz CT molecular complexity index is 179. The number of β-amino-alcohol motifs (C(OH)–C–C–N with tert-alkyl or cyclic N) is 2. The van der Waals surface area contributed by atoms with Gasteiger partial charge in [-0.25, -0.2) is 0 Å². The quantitative estimate of drug-likeness (QED) is 0.333. The fourth-order valence-corrected chi connectivity index (χ4v) is 1.76. The van der Waals surface area contributed by atoms with E-state index in [1.54, 1.807) is 4.90 Å². The zero-order chi connectivity index (χ0) is 10.7. The van der Waals surface area contributed by atoms with Crippen LogP contribution in [0.15, 0.2) is 0 Å². The van der Waals surface area contributed by atoms with E-state index in [2.05, 4.69) is 0 Å². The predicted molar refractivity (Wildman–Crippen MR) is 47.6 cm³/mol. The average Bonchev–Trinajstić information content (AvgIpc) is 2.16. The van der Waals surface area contributed by atoms with E-state index in [1.807, 2.05) is 0 Å². The first-order chi connectivity index (χ1) is 6.61. The predicted octanol–water partition coefficient (Wildman–Crippen LogP) is -3.26. The summed E-state index contributed by atoms with van der Waals surface area (Å²) in [6.45, 7) is -0.0347. The van der Waals surface area contributed by atoms with E-state index in [9.17, 15) is 15.3 Å². The molecule has 0 aliphatic carbocycles. The van der Waals surface area contributed by atoms with Crippen LogP contribution < -0.4 is 0 Å². The third-order valence-corrected chi connectivity index (χ3v) is 2.60. The Balaban J connectivity index is 2.66. The van der Waals surface area contributed by atoms with Gasteiger partial charge in [0.1, 0.15) is 12.2 Å². The molecule has 0 aromatic rings. The van der Waals surface area contributed by atoms with E-state index in [1.165, 1.54) is 0 Å². The molecule has 6 heteroatoms. The van der Waals surface area contributed by atoms with Crippen molar-refractivity contribution in [3.05, 3.63) is 0 Å². The van der Waals surface area contributed by atoms with Crippen molar-refractivity contribution in [1.29, 1.82) is 0 Å². The zero-order valence-electron chi connectivity index (χ0n) is 7.82. The summed E-state index contributed by atoms with van der Waals surface area (Å²) in [5.74, 6) is 0. The molecule has 0 aromatic carbocycles. The number of hydrogen-bond acceptors (Lipinski definition) is 6. The number of piperidine rings is 1. The highest BCUT2D eigenvalue weighted by atomic mass is 16.4. The molecule has 4 atom stereocenters. The summed E-state index contributed by atoms with van der Waals surface area (Å²) in [6, 6.07) is -0.624. The fraction of sp³-hybridized carbons (Fsp3) is 1.00. The van der Waals surface area contributed by atoms with E-state index in [4.69, 9.17) is 10.2 Å². The molecule has 1 aliphatic heterocycles. The van der Waals surface area contributed by atoms with Gasteiger partial charge in [0.15, 0.2) is 0 Å². The van der Waals surface area contributed by atoms with E-state index < -0.39 is 24.4 Å². The second-order valence-electron chi connectivity index (χ2n) is 3.52. The molecule has 84 valence electrons. The number of aliphatic hydroxyl groups excluding tert-OH is 5. The summed E-state index contributed by atoms with van der Waals surface area (Å²) in [5.41, 5.74) is 0. The summed E-state index contributed by atoms with van der Waals surface area (Å²) in [5, 5.41) is 45.9. The molecule has 0 amide bonds. The third-order valence-electron chi connectivity index (χ3n) is 2.60. The summed E-state index contributed by atoms with van der Waals surface area (Å²) >= 11 is 0. The highest BCUT2D eigenvalue weighted by Gasteiger charge is 2.40. The molecule has 2 unspecified atom stereocenters. The zero-order valence-corrected chi connectivity index (χ0v) is 7.82. The maximum Gasteiger partial charge on any atom is 0.109 e. The van der Waals surface area contributed by atoms with Crippen LogP contribution >= 0.6 is 0 Å². The van der Waals surface area contributed by atoms with Crippen LogP contribution in [0, 0.1) is 0 Å². The van der Waals surface area contributed by atoms with Gasteiger partial charge in [0, 0.05) is 13.1 Å². The van der Waals surface area contributed by atoms with Crippen molar-refractivity contribution in [2.24, 2.45) is 0 Å². The highest BCUT2D eigenvalue weighted by molar-refractivity contribution is 4.93. The maximum absolute atomic E-state index is 9.51. The molecular formula is C8H17NO5. The largest absolute Gasteiger partial charge is 0.395 e. The molecule has 1 heterocycles. The maximum atomic E-state index is 9.51. The molecule has 1 aliphatic rings. The normalized spacial score (nSPS) is 40.1. The van der Waals surface area contributed by atoms with E-state index in [0.717, 1.165) is 0 Å². The number of likely N-dealkylation sites (tertiary alicyclic amines) is 1. The Morgan fingerprint density at radius 3 is 2.21 bits per heavy atom. The van der Waals surface area contributed by atoms with Gasteiger partial charge in [-0.3, -0.25) is 4.90 Å². The summed E-state index contributed by atoms with van der Waals surface area (Å²) in [7, 11) is 0. The van der Waals surface area contributed by atoms with Crippen molar-refractivity contribution >= 4 is 0 Å². The first-order valence-electron chi connectivity index (χ1n) is 4.61. The number of hydrogen-bond donors (Lipinski definition) is 5. The van der Waals surface area contributed by atoms with E-state index in [0.29, 0.717) is 0 Å². The van der Waals surface area contributed by atoms with E-state index in [-0.39, 0.29) is 26.3 Å². The van der Waals surface area contributed by atoms with Crippen molar-refractivity contribution in [3.63, 3.8) is 0 Å². The van der Waals surface area contributed by atoms with Gasteiger partial charge in [0.2, 0.25) is 0 Å². The molecular weight excluding hydrogens is 190 g/mol. The van der Waals surface area contributed by atoms with Crippen LogP contribution in [0.4, 0.5) is 0 Å². The smallest absolute Gasteiger partial charge is 0.109 e. The molecule has 1 saturated heterocycles. The topological polar surface area (TPSA) is 104 Å². The monoisotopic (exact) mass is 207 g/mol. The summed E-state index contributed by atoms with van der Waals surface area (Å²) in [6.07, 6.45) is -3.46. The fourth-order valence-electron chi connectivity index (χ4n) is 1.76. The lowest BCUT2D eigenvalue weighted by molar-refractivity contribution is -0.146. The van der Waals surface area contributed by atoms with Gasteiger partial charge in [-0.15, -0.1) is 0 Å². The lowest BCUT2D eigenvalue weighted by atomic mass is 9.94. The minimum atomic E-state index is -1.23. The van der Waals surface area contributed by atoms with Gasteiger partial charge < -0.3 is 25.5 Å². The van der Waals surface area contributed by atoms with Crippen molar-refractivity contribution < 1.29 is 25.5 Å². The van der Waals surface area contributed by atoms with Crippen LogP contribution in [0.1, 0.15) is 0 Å². The Hall–Kier alpha value is -0.240. The van der Waals surface area contributed by atoms with Gasteiger partial charge in [-0.1, -0.05) is 0 Å². The molecule has 0 aromatic heterocycles. The van der Waals surface area contributed by atoms with Gasteiger partial charge in [0.25, 0.3) is 0 Å². The first kappa shape index (κ1) is 11.8. The number of nitrogens with zero attached hydrogens (tertiary/aromatic N) is 1. The van der Waals surface area contributed by atoms with Gasteiger partial charge in [0.05, 0.1) is 25.4 Å². The molecule has 5 N–H and O–H groups in total. The molecule has 14 heavy (non-hydrogen) atoms. The van der Waals surface area contributed by atoms with Crippen LogP contribution in [0.25, 0.3) is 0 Å². The average molecular weight is 207 g/mol. The van der Waals surface area contributed by atoms with Crippen molar-refractivity contribution in [2.75, 3.05) is 26.3 Å². The van der Waals surface area contributed by atoms with E-state index >= 15 is 0 Å². The second kappa shape index (κ2) is 5.01. The lowest BCUT2D eigenvalue weighted by Crippen LogP contribution is -2.62. The highest BCUT2D eigenvalue weighted by Crippen LogP contribution is 2.18. The van der Waals surface area contributed by atoms with Crippen LogP contribution in [0.2, 0.25) is 0 Å². The Morgan fingerprint density at radius 1 is 1.07 bits per heavy atom. The molecule has 0 saturated carbocycles. The Labute approximate surface area is 82.0 Å². The molecule has 0 spiro atoms. The van der Waals surface area contributed by atoms with Crippen molar-refractivity contribution in [2.45, 2.75) is 24.4 Å². The Morgan fingerprint density at radius 2 is 1.71 bits per heavy atom. The number of rotatable bonds is 3. The minimum Gasteiger partial charge on any atom is -0.395 e. The van der Waals surface area contributed by atoms with Gasteiger partial charge >= 0.3 is 0 Å². The van der Waals surface area contributed by atoms with Crippen molar-refractivity contribution in [1.82, 2.24) is 4.90 Å². The molecule has 1 fully saturated rings.